The molecule has 2 rings (SSSR count). The van der Waals surface area contributed by atoms with Crippen molar-refractivity contribution >= 4 is 5.91 Å². The van der Waals surface area contributed by atoms with E-state index in [-0.39, 0.29) is 17.2 Å². The first-order valence-electron chi connectivity index (χ1n) is 7.60. The van der Waals surface area contributed by atoms with Gasteiger partial charge in [0.25, 0.3) is 0 Å². The molecule has 0 aliphatic heterocycles. The van der Waals surface area contributed by atoms with Gasteiger partial charge >= 0.3 is 0 Å². The number of amides is 1. The Labute approximate surface area is 127 Å². The first-order valence-corrected chi connectivity index (χ1v) is 7.60. The number of aliphatic hydroxyl groups excluding tert-OH is 1. The number of rotatable bonds is 7. The number of hydrogen-bond donors (Lipinski definition) is 2. The van der Waals surface area contributed by atoms with Gasteiger partial charge in [-0.1, -0.05) is 42.8 Å². The van der Waals surface area contributed by atoms with E-state index in [2.05, 4.69) is 11.9 Å². The van der Waals surface area contributed by atoms with E-state index in [9.17, 15) is 9.90 Å². The Morgan fingerprint density at radius 2 is 2.00 bits per heavy atom. The molecule has 114 valence electrons. The van der Waals surface area contributed by atoms with Crippen molar-refractivity contribution in [2.24, 2.45) is 11.3 Å². The van der Waals surface area contributed by atoms with E-state index in [1.807, 2.05) is 44.2 Å². The molecule has 2 atom stereocenters. The number of allylic oxidation sites excluding steroid dienone is 1. The molecule has 0 bridgehead atoms. The second-order valence-electron chi connectivity index (χ2n) is 6.46. The van der Waals surface area contributed by atoms with E-state index in [1.54, 1.807) is 0 Å². The van der Waals surface area contributed by atoms with Crippen LogP contribution in [-0.4, -0.2) is 17.6 Å². The lowest BCUT2D eigenvalue weighted by Crippen LogP contribution is -2.36. The number of carbonyl (C=O) groups excluding carboxylic acids is 1. The summed E-state index contributed by atoms with van der Waals surface area (Å²) in [5.74, 6) is -0.0169. The topological polar surface area (TPSA) is 49.3 Å². The molecule has 3 nitrogen and oxygen atoms in total. The van der Waals surface area contributed by atoms with Crippen molar-refractivity contribution in [3.8, 4) is 0 Å². The lowest BCUT2D eigenvalue weighted by atomic mass is 9.92. The largest absolute Gasteiger partial charge is 0.388 e. The zero-order valence-corrected chi connectivity index (χ0v) is 12.9. The molecule has 0 saturated heterocycles. The van der Waals surface area contributed by atoms with Gasteiger partial charge in [-0.2, -0.15) is 0 Å². The number of carbonyl (C=O) groups is 1. The highest BCUT2D eigenvalue weighted by Crippen LogP contribution is 2.54. The Balaban J connectivity index is 1.90. The van der Waals surface area contributed by atoms with E-state index in [0.717, 1.165) is 24.0 Å². The van der Waals surface area contributed by atoms with Crippen LogP contribution in [0.25, 0.3) is 0 Å². The van der Waals surface area contributed by atoms with Crippen molar-refractivity contribution in [1.29, 1.82) is 0 Å². The van der Waals surface area contributed by atoms with Crippen LogP contribution in [0.4, 0.5) is 0 Å². The smallest absolute Gasteiger partial charge is 0.223 e. The summed E-state index contributed by atoms with van der Waals surface area (Å²) in [6, 6.07) is 9.69. The summed E-state index contributed by atoms with van der Waals surface area (Å²) in [6.45, 7) is 8.24. The van der Waals surface area contributed by atoms with Gasteiger partial charge in [-0.15, -0.1) is 6.58 Å². The molecular weight excluding hydrogens is 262 g/mol. The summed E-state index contributed by atoms with van der Waals surface area (Å²) in [6.07, 6.45) is 2.12. The highest BCUT2D eigenvalue weighted by Gasteiger charge is 2.49. The van der Waals surface area contributed by atoms with Crippen LogP contribution in [-0.2, 0) is 4.79 Å². The molecule has 3 heteroatoms. The van der Waals surface area contributed by atoms with Crippen LogP contribution in [0.3, 0.4) is 0 Å². The minimum Gasteiger partial charge on any atom is -0.388 e. The predicted molar refractivity (Wildman–Crippen MR) is 84.7 cm³/mol. The molecule has 0 unspecified atom stereocenters. The lowest BCUT2D eigenvalue weighted by Gasteiger charge is -2.24. The maximum atomic E-state index is 12.1. The second kappa shape index (κ2) is 6.44. The molecule has 0 radical (unpaired) electrons. The third-order valence-corrected chi connectivity index (χ3v) is 4.30. The van der Waals surface area contributed by atoms with Crippen molar-refractivity contribution < 1.29 is 9.90 Å². The van der Waals surface area contributed by atoms with Gasteiger partial charge < -0.3 is 10.4 Å². The summed E-state index contributed by atoms with van der Waals surface area (Å²) in [7, 11) is 0. The van der Waals surface area contributed by atoms with Crippen LogP contribution >= 0.6 is 0 Å². The van der Waals surface area contributed by atoms with Crippen LogP contribution in [0.2, 0.25) is 0 Å². The molecule has 21 heavy (non-hydrogen) atoms. The molecule has 1 aromatic rings. The molecule has 1 aliphatic carbocycles. The summed E-state index contributed by atoms with van der Waals surface area (Å²) in [4.78, 5) is 12.1. The normalized spacial score (nSPS) is 18.6. The van der Waals surface area contributed by atoms with Crippen LogP contribution in [0.1, 0.15) is 44.8 Å². The molecule has 1 aromatic carbocycles. The van der Waals surface area contributed by atoms with Crippen LogP contribution in [0, 0.1) is 11.3 Å². The predicted octanol–water partition coefficient (Wildman–Crippen LogP) is 3.22. The minimum atomic E-state index is -0.504. The Hall–Kier alpha value is -1.61. The quantitative estimate of drug-likeness (QED) is 0.757. The average Bonchev–Trinajstić information content (AvgIpc) is 3.25. The van der Waals surface area contributed by atoms with Gasteiger partial charge in [0.15, 0.2) is 0 Å². The summed E-state index contributed by atoms with van der Waals surface area (Å²) < 4.78 is 0. The van der Waals surface area contributed by atoms with Crippen molar-refractivity contribution in [3.05, 3.63) is 48.0 Å². The Morgan fingerprint density at radius 1 is 1.38 bits per heavy atom. The minimum absolute atomic E-state index is 0.0459. The summed E-state index contributed by atoms with van der Waals surface area (Å²) in [5.41, 5.74) is 1.77. The molecule has 0 aromatic heterocycles. The standard InChI is InChI=1S/C18H25NO2/c1-13(2)11-14(3)17(21)19-12-18(9-10-18)16(20)15-7-5-4-6-8-15/h4-8,14,16,20H,1,9-12H2,2-3H3,(H,19,21)/t14-,16+/m0/s1. The Kier molecular flexibility index (Phi) is 4.84. The highest BCUT2D eigenvalue weighted by atomic mass is 16.3. The molecular formula is C18H25NO2. The maximum Gasteiger partial charge on any atom is 0.223 e. The van der Waals surface area contributed by atoms with Crippen LogP contribution in [0.15, 0.2) is 42.5 Å². The number of hydrogen-bond acceptors (Lipinski definition) is 2. The Bertz CT molecular complexity index is 505. The highest BCUT2D eigenvalue weighted by molar-refractivity contribution is 5.78. The van der Waals surface area contributed by atoms with Crippen molar-refractivity contribution in [2.75, 3.05) is 6.54 Å². The van der Waals surface area contributed by atoms with E-state index in [4.69, 9.17) is 0 Å². The van der Waals surface area contributed by atoms with Gasteiger partial charge in [0, 0.05) is 17.9 Å². The average molecular weight is 287 g/mol. The zero-order chi connectivity index (χ0) is 15.5. The zero-order valence-electron chi connectivity index (χ0n) is 12.9. The van der Waals surface area contributed by atoms with E-state index < -0.39 is 6.10 Å². The van der Waals surface area contributed by atoms with Crippen LogP contribution < -0.4 is 5.32 Å². The summed E-state index contributed by atoms with van der Waals surface area (Å²) >= 11 is 0. The van der Waals surface area contributed by atoms with E-state index >= 15 is 0 Å². The van der Waals surface area contributed by atoms with Gasteiger partial charge in [0.2, 0.25) is 5.91 Å². The number of aliphatic hydroxyl groups is 1. The SMILES string of the molecule is C=C(C)C[C@H](C)C(=O)NCC1([C@H](O)c2ccccc2)CC1. The maximum absolute atomic E-state index is 12.1. The van der Waals surface area contributed by atoms with Crippen molar-refractivity contribution in [1.82, 2.24) is 5.32 Å². The monoisotopic (exact) mass is 287 g/mol. The van der Waals surface area contributed by atoms with Gasteiger partial charge in [0.1, 0.15) is 0 Å². The van der Waals surface area contributed by atoms with Gasteiger partial charge in [-0.05, 0) is 31.7 Å². The third kappa shape index (κ3) is 3.94. The first-order chi connectivity index (χ1) is 9.94. The molecule has 1 amide bonds. The fraction of sp³-hybridized carbons (Fsp3) is 0.500. The molecule has 0 spiro atoms. The summed E-state index contributed by atoms with van der Waals surface area (Å²) in [5, 5.41) is 13.5. The lowest BCUT2D eigenvalue weighted by molar-refractivity contribution is -0.125. The van der Waals surface area contributed by atoms with Gasteiger partial charge in [-0.25, -0.2) is 0 Å². The third-order valence-electron chi connectivity index (χ3n) is 4.30. The fourth-order valence-corrected chi connectivity index (χ4v) is 2.75. The molecule has 1 aliphatic rings. The van der Waals surface area contributed by atoms with Gasteiger partial charge in [0.05, 0.1) is 6.10 Å². The fourth-order valence-electron chi connectivity index (χ4n) is 2.75. The van der Waals surface area contributed by atoms with Crippen molar-refractivity contribution in [3.63, 3.8) is 0 Å². The number of benzene rings is 1. The molecule has 2 N–H and O–H groups in total. The second-order valence-corrected chi connectivity index (χ2v) is 6.46. The number of nitrogens with one attached hydrogen (secondary N) is 1. The molecule has 0 heterocycles. The first kappa shape index (κ1) is 15.8. The van der Waals surface area contributed by atoms with Crippen LogP contribution in [0.5, 0.6) is 0 Å². The Morgan fingerprint density at radius 3 is 2.52 bits per heavy atom. The van der Waals surface area contributed by atoms with E-state index in [1.165, 1.54) is 0 Å². The molecule has 1 fully saturated rings. The van der Waals surface area contributed by atoms with E-state index in [0.29, 0.717) is 13.0 Å². The van der Waals surface area contributed by atoms with Gasteiger partial charge in [-0.3, -0.25) is 4.79 Å². The van der Waals surface area contributed by atoms with Crippen molar-refractivity contribution in [2.45, 2.75) is 39.2 Å². The molecule has 1 saturated carbocycles.